The fraction of sp³-hybridized carbons (Fsp3) is 0.520. The van der Waals surface area contributed by atoms with Crippen LogP contribution in [0.2, 0.25) is 0 Å². The Kier molecular flexibility index (Phi) is 5.93. The SMILES string of the molecule is COc1cccc(F)c1CCC1CCc2cc([C@H]3CC[C@](N)(CO)C3)ccc2C1. The number of nitrogens with two attached hydrogens (primary N) is 1. The first-order chi connectivity index (χ1) is 14.0. The van der Waals surface area contributed by atoms with Crippen molar-refractivity contribution in [2.75, 3.05) is 13.7 Å². The number of aliphatic hydroxyl groups is 1. The summed E-state index contributed by atoms with van der Waals surface area (Å²) >= 11 is 0. The van der Waals surface area contributed by atoms with Crippen LogP contribution in [0.1, 0.15) is 60.3 Å². The molecule has 0 aliphatic heterocycles. The zero-order valence-corrected chi connectivity index (χ0v) is 17.3. The lowest BCUT2D eigenvalue weighted by molar-refractivity contribution is 0.198. The van der Waals surface area contributed by atoms with Crippen molar-refractivity contribution in [1.29, 1.82) is 0 Å². The third kappa shape index (κ3) is 4.34. The van der Waals surface area contributed by atoms with Gasteiger partial charge in [-0.05, 0) is 92.0 Å². The minimum absolute atomic E-state index is 0.0723. The van der Waals surface area contributed by atoms with Crippen molar-refractivity contribution in [3.05, 3.63) is 64.5 Å². The molecule has 0 aromatic heterocycles. The molecule has 0 saturated heterocycles. The molecule has 0 amide bonds. The minimum Gasteiger partial charge on any atom is -0.496 e. The van der Waals surface area contributed by atoms with Gasteiger partial charge in [-0.2, -0.15) is 0 Å². The van der Waals surface area contributed by atoms with E-state index in [9.17, 15) is 9.50 Å². The average Bonchev–Trinajstić information content (AvgIpc) is 3.15. The molecular formula is C25H32FNO2. The number of hydrogen-bond acceptors (Lipinski definition) is 3. The van der Waals surface area contributed by atoms with Crippen molar-refractivity contribution in [3.63, 3.8) is 0 Å². The predicted octanol–water partition coefficient (Wildman–Crippen LogP) is 4.53. The Labute approximate surface area is 173 Å². The zero-order chi connectivity index (χ0) is 20.4. The van der Waals surface area contributed by atoms with Gasteiger partial charge in [-0.25, -0.2) is 4.39 Å². The summed E-state index contributed by atoms with van der Waals surface area (Å²) in [6, 6.07) is 12.0. The lowest BCUT2D eigenvalue weighted by atomic mass is 9.79. The summed E-state index contributed by atoms with van der Waals surface area (Å²) in [5, 5.41) is 9.54. The van der Waals surface area contributed by atoms with Crippen LogP contribution in [-0.2, 0) is 19.3 Å². The van der Waals surface area contributed by atoms with Gasteiger partial charge in [0, 0.05) is 11.1 Å². The fourth-order valence-corrected chi connectivity index (χ4v) is 5.26. The highest BCUT2D eigenvalue weighted by Gasteiger charge is 2.36. The summed E-state index contributed by atoms with van der Waals surface area (Å²) in [7, 11) is 1.60. The van der Waals surface area contributed by atoms with Gasteiger partial charge in [0.25, 0.3) is 0 Å². The van der Waals surface area contributed by atoms with E-state index in [2.05, 4.69) is 18.2 Å². The Morgan fingerprint density at radius 3 is 2.83 bits per heavy atom. The molecule has 4 rings (SSSR count). The molecule has 3 N–H and O–H groups in total. The molecule has 0 spiro atoms. The molecule has 2 aromatic carbocycles. The van der Waals surface area contributed by atoms with Crippen molar-refractivity contribution >= 4 is 0 Å². The van der Waals surface area contributed by atoms with E-state index >= 15 is 0 Å². The van der Waals surface area contributed by atoms with Gasteiger partial charge in [-0.1, -0.05) is 24.3 Å². The number of rotatable bonds is 6. The number of aryl methyl sites for hydroxylation is 1. The second-order valence-electron chi connectivity index (χ2n) is 9.06. The Hall–Kier alpha value is -1.91. The Bertz CT molecular complexity index is 868. The number of halogens is 1. The molecule has 1 saturated carbocycles. The number of hydrogen-bond donors (Lipinski definition) is 2. The number of ether oxygens (including phenoxy) is 1. The van der Waals surface area contributed by atoms with E-state index in [1.54, 1.807) is 13.2 Å². The van der Waals surface area contributed by atoms with Gasteiger partial charge in [0.05, 0.1) is 13.7 Å². The van der Waals surface area contributed by atoms with Crippen LogP contribution in [0.25, 0.3) is 0 Å². The van der Waals surface area contributed by atoms with Crippen molar-refractivity contribution in [1.82, 2.24) is 0 Å². The first kappa shape index (κ1) is 20.4. The predicted molar refractivity (Wildman–Crippen MR) is 114 cm³/mol. The van der Waals surface area contributed by atoms with E-state index in [0.717, 1.165) is 51.4 Å². The first-order valence-corrected chi connectivity index (χ1v) is 10.8. The molecule has 2 aliphatic rings. The number of benzene rings is 2. The lowest BCUT2D eigenvalue weighted by Crippen LogP contribution is -2.40. The maximum Gasteiger partial charge on any atom is 0.130 e. The third-order valence-electron chi connectivity index (χ3n) is 7.09. The van der Waals surface area contributed by atoms with Crippen molar-refractivity contribution < 1.29 is 14.2 Å². The molecule has 0 heterocycles. The molecule has 2 aromatic rings. The highest BCUT2D eigenvalue weighted by Crippen LogP contribution is 2.41. The van der Waals surface area contributed by atoms with Crippen LogP contribution in [0.5, 0.6) is 5.75 Å². The second-order valence-corrected chi connectivity index (χ2v) is 9.06. The topological polar surface area (TPSA) is 55.5 Å². The highest BCUT2D eigenvalue weighted by molar-refractivity contribution is 5.37. The Morgan fingerprint density at radius 2 is 2.07 bits per heavy atom. The monoisotopic (exact) mass is 397 g/mol. The van der Waals surface area contributed by atoms with Gasteiger partial charge >= 0.3 is 0 Å². The summed E-state index contributed by atoms with van der Waals surface area (Å²) in [5.41, 5.74) is 10.8. The molecule has 2 aliphatic carbocycles. The molecule has 1 unspecified atom stereocenters. The highest BCUT2D eigenvalue weighted by atomic mass is 19.1. The summed E-state index contributed by atoms with van der Waals surface area (Å²) < 4.78 is 19.5. The molecule has 156 valence electrons. The zero-order valence-electron chi connectivity index (χ0n) is 17.3. The van der Waals surface area contributed by atoms with Crippen LogP contribution in [0.4, 0.5) is 4.39 Å². The van der Waals surface area contributed by atoms with E-state index in [1.165, 1.54) is 22.8 Å². The largest absolute Gasteiger partial charge is 0.496 e. The number of aliphatic hydroxyl groups excluding tert-OH is 1. The van der Waals surface area contributed by atoms with Crippen molar-refractivity contribution in [2.24, 2.45) is 11.7 Å². The Morgan fingerprint density at radius 1 is 1.21 bits per heavy atom. The fourth-order valence-electron chi connectivity index (χ4n) is 5.26. The van der Waals surface area contributed by atoms with E-state index in [1.807, 2.05) is 6.07 Å². The van der Waals surface area contributed by atoms with Gasteiger partial charge in [-0.15, -0.1) is 0 Å². The maximum atomic E-state index is 14.2. The van der Waals surface area contributed by atoms with Crippen LogP contribution < -0.4 is 10.5 Å². The van der Waals surface area contributed by atoms with Crippen LogP contribution in [0.15, 0.2) is 36.4 Å². The molecule has 0 bridgehead atoms. The average molecular weight is 398 g/mol. The molecule has 4 heteroatoms. The smallest absolute Gasteiger partial charge is 0.130 e. The normalized spacial score (nSPS) is 26.3. The van der Waals surface area contributed by atoms with Crippen LogP contribution >= 0.6 is 0 Å². The minimum atomic E-state index is -0.403. The molecule has 1 fully saturated rings. The van der Waals surface area contributed by atoms with Gasteiger partial charge < -0.3 is 15.6 Å². The standard InChI is InChI=1S/C25H32FNO2/c1-29-24-4-2-3-23(26)22(24)10-6-17-5-7-19-14-20(9-8-18(19)13-17)21-11-12-25(27,15-21)16-28/h2-4,8-9,14,17,21,28H,5-7,10-13,15-16,27H2,1H3/t17?,21-,25+/m0/s1. The summed E-state index contributed by atoms with van der Waals surface area (Å²) in [6.07, 6.45) is 7.82. The lowest BCUT2D eigenvalue weighted by Gasteiger charge is -2.26. The van der Waals surface area contributed by atoms with E-state index in [0.29, 0.717) is 23.1 Å². The van der Waals surface area contributed by atoms with E-state index in [4.69, 9.17) is 10.5 Å². The van der Waals surface area contributed by atoms with Gasteiger partial charge in [0.15, 0.2) is 0 Å². The maximum absolute atomic E-state index is 14.2. The van der Waals surface area contributed by atoms with Gasteiger partial charge in [0.2, 0.25) is 0 Å². The van der Waals surface area contributed by atoms with E-state index < -0.39 is 5.54 Å². The molecular weight excluding hydrogens is 365 g/mol. The van der Waals surface area contributed by atoms with Crippen LogP contribution in [0.3, 0.4) is 0 Å². The van der Waals surface area contributed by atoms with Gasteiger partial charge in [0.1, 0.15) is 11.6 Å². The van der Waals surface area contributed by atoms with E-state index in [-0.39, 0.29) is 12.4 Å². The molecule has 0 radical (unpaired) electrons. The number of fused-ring (bicyclic) bond motifs is 1. The number of methoxy groups -OCH3 is 1. The molecule has 3 nitrogen and oxygen atoms in total. The van der Waals surface area contributed by atoms with Crippen LogP contribution in [-0.4, -0.2) is 24.4 Å². The summed E-state index contributed by atoms with van der Waals surface area (Å²) in [4.78, 5) is 0. The second kappa shape index (κ2) is 8.45. The summed E-state index contributed by atoms with van der Waals surface area (Å²) in [6.45, 7) is 0.0723. The Balaban J connectivity index is 1.40. The molecule has 3 atom stereocenters. The van der Waals surface area contributed by atoms with Gasteiger partial charge in [-0.3, -0.25) is 0 Å². The van der Waals surface area contributed by atoms with Crippen molar-refractivity contribution in [3.8, 4) is 5.75 Å². The van der Waals surface area contributed by atoms with Crippen LogP contribution in [0, 0.1) is 11.7 Å². The summed E-state index contributed by atoms with van der Waals surface area (Å²) in [5.74, 6) is 1.53. The first-order valence-electron chi connectivity index (χ1n) is 10.8. The molecule has 29 heavy (non-hydrogen) atoms. The van der Waals surface area contributed by atoms with Crippen molar-refractivity contribution in [2.45, 2.75) is 62.8 Å². The quantitative estimate of drug-likeness (QED) is 0.753. The third-order valence-corrected chi connectivity index (χ3v) is 7.09.